The molecule has 0 saturated carbocycles. The van der Waals surface area contributed by atoms with E-state index in [2.05, 4.69) is 0 Å². The Hall–Kier alpha value is -2.54. The van der Waals surface area contributed by atoms with Crippen molar-refractivity contribution >= 4 is 15.8 Å². The molecule has 22 heavy (non-hydrogen) atoms. The van der Waals surface area contributed by atoms with Gasteiger partial charge < -0.3 is 14.6 Å². The summed E-state index contributed by atoms with van der Waals surface area (Å²) in [4.78, 5) is 11.0. The van der Waals surface area contributed by atoms with Gasteiger partial charge in [-0.25, -0.2) is 8.42 Å². The third-order valence-corrected chi connectivity index (χ3v) is 5.09. The maximum absolute atomic E-state index is 12.7. The van der Waals surface area contributed by atoms with Crippen LogP contribution in [-0.2, 0) is 21.1 Å². The maximum Gasteiger partial charge on any atom is 0.307 e. The first kappa shape index (κ1) is 14.4. The minimum atomic E-state index is -3.84. The van der Waals surface area contributed by atoms with Gasteiger partial charge in [-0.15, -0.1) is 0 Å². The molecule has 0 atom stereocenters. The molecule has 2 aromatic rings. The van der Waals surface area contributed by atoms with Gasteiger partial charge in [-0.1, -0.05) is 18.2 Å². The number of hydrogen-bond acceptors (Lipinski definition) is 5. The molecule has 1 aliphatic heterocycles. The van der Waals surface area contributed by atoms with Gasteiger partial charge in [0.1, 0.15) is 0 Å². The highest BCUT2D eigenvalue weighted by molar-refractivity contribution is 7.91. The number of carboxylic acids is 1. The van der Waals surface area contributed by atoms with Crippen molar-refractivity contribution < 1.29 is 27.8 Å². The first-order valence-electron chi connectivity index (χ1n) is 6.43. The largest absolute Gasteiger partial charge is 0.481 e. The van der Waals surface area contributed by atoms with Crippen LogP contribution < -0.4 is 9.47 Å². The predicted octanol–water partition coefficient (Wildman–Crippen LogP) is 1.88. The van der Waals surface area contributed by atoms with E-state index in [4.69, 9.17) is 14.6 Å². The fraction of sp³-hybridized carbons (Fsp3) is 0.133. The minimum absolute atomic E-state index is 0.0172. The van der Waals surface area contributed by atoms with Crippen molar-refractivity contribution in [3.63, 3.8) is 0 Å². The zero-order chi connectivity index (χ0) is 15.7. The fourth-order valence-corrected chi connectivity index (χ4v) is 3.75. The SMILES string of the molecule is O=C(O)Cc1cc2c(cc1S(=O)(=O)c1ccccc1)OCO2. The van der Waals surface area contributed by atoms with Crippen LogP contribution >= 0.6 is 0 Å². The number of carboxylic acid groups (broad SMARTS) is 1. The van der Waals surface area contributed by atoms with Gasteiger partial charge in [0.15, 0.2) is 11.5 Å². The first-order valence-corrected chi connectivity index (χ1v) is 7.91. The summed E-state index contributed by atoms with van der Waals surface area (Å²) in [6.45, 7) is -0.0172. The fourth-order valence-electron chi connectivity index (χ4n) is 2.24. The lowest BCUT2D eigenvalue weighted by Crippen LogP contribution is -2.09. The van der Waals surface area contributed by atoms with Gasteiger partial charge in [0, 0.05) is 6.07 Å². The van der Waals surface area contributed by atoms with Crippen molar-refractivity contribution in [2.45, 2.75) is 16.2 Å². The smallest absolute Gasteiger partial charge is 0.307 e. The summed E-state index contributed by atoms with van der Waals surface area (Å²) in [5.74, 6) is -0.477. The Morgan fingerprint density at radius 3 is 2.36 bits per heavy atom. The number of benzene rings is 2. The number of ether oxygens (including phenoxy) is 2. The predicted molar refractivity (Wildman–Crippen MR) is 75.8 cm³/mol. The summed E-state index contributed by atoms with van der Waals surface area (Å²) in [6, 6.07) is 10.6. The Kier molecular flexibility index (Phi) is 3.50. The van der Waals surface area contributed by atoms with Crippen LogP contribution in [0.15, 0.2) is 52.3 Å². The molecule has 0 aliphatic carbocycles. The van der Waals surface area contributed by atoms with E-state index < -0.39 is 22.2 Å². The molecule has 1 N–H and O–H groups in total. The standard InChI is InChI=1S/C15H12O6S/c16-15(17)7-10-6-12-13(21-9-20-12)8-14(10)22(18,19)11-4-2-1-3-5-11/h1-6,8H,7,9H2,(H,16,17). The molecule has 0 amide bonds. The van der Waals surface area contributed by atoms with E-state index in [-0.39, 0.29) is 22.1 Å². The van der Waals surface area contributed by atoms with Crippen LogP contribution in [-0.4, -0.2) is 26.3 Å². The van der Waals surface area contributed by atoms with E-state index in [1.54, 1.807) is 18.2 Å². The number of rotatable bonds is 4. The van der Waals surface area contributed by atoms with Gasteiger partial charge in [-0.3, -0.25) is 4.79 Å². The van der Waals surface area contributed by atoms with Crippen molar-refractivity contribution in [2.75, 3.05) is 6.79 Å². The maximum atomic E-state index is 12.7. The summed E-state index contributed by atoms with van der Waals surface area (Å²) < 4.78 is 35.9. The highest BCUT2D eigenvalue weighted by atomic mass is 32.2. The molecule has 0 unspecified atom stereocenters. The van der Waals surface area contributed by atoms with Gasteiger partial charge in [0.2, 0.25) is 16.6 Å². The lowest BCUT2D eigenvalue weighted by molar-refractivity contribution is -0.136. The molecule has 1 heterocycles. The van der Waals surface area contributed by atoms with E-state index in [1.807, 2.05) is 0 Å². The highest BCUT2D eigenvalue weighted by Gasteiger charge is 2.27. The zero-order valence-electron chi connectivity index (χ0n) is 11.4. The lowest BCUT2D eigenvalue weighted by Gasteiger charge is -2.10. The average molecular weight is 320 g/mol. The van der Waals surface area contributed by atoms with Crippen LogP contribution in [0, 0.1) is 0 Å². The number of aliphatic carboxylic acids is 1. The molecule has 7 heteroatoms. The molecule has 0 aromatic heterocycles. The van der Waals surface area contributed by atoms with Crippen LogP contribution in [0.4, 0.5) is 0 Å². The monoisotopic (exact) mass is 320 g/mol. The quantitative estimate of drug-likeness (QED) is 0.925. The van der Waals surface area contributed by atoms with Crippen LogP contribution in [0.3, 0.4) is 0 Å². The van der Waals surface area contributed by atoms with Crippen LogP contribution in [0.5, 0.6) is 11.5 Å². The topological polar surface area (TPSA) is 89.9 Å². The van der Waals surface area contributed by atoms with Gasteiger partial charge in [-0.05, 0) is 23.8 Å². The van der Waals surface area contributed by atoms with Crippen molar-refractivity contribution in [1.82, 2.24) is 0 Å². The molecule has 114 valence electrons. The molecule has 0 fully saturated rings. The van der Waals surface area contributed by atoms with E-state index in [1.165, 1.54) is 24.3 Å². The van der Waals surface area contributed by atoms with Gasteiger partial charge >= 0.3 is 5.97 Å². The summed E-state index contributed by atoms with van der Waals surface area (Å²) in [5, 5.41) is 9.01. The van der Waals surface area contributed by atoms with Gasteiger partial charge in [0.25, 0.3) is 0 Å². The van der Waals surface area contributed by atoms with Gasteiger partial charge in [0.05, 0.1) is 16.2 Å². The molecule has 0 bridgehead atoms. The first-order chi connectivity index (χ1) is 10.5. The molecule has 0 spiro atoms. The van der Waals surface area contributed by atoms with Gasteiger partial charge in [-0.2, -0.15) is 0 Å². The molecular weight excluding hydrogens is 308 g/mol. The zero-order valence-corrected chi connectivity index (χ0v) is 12.2. The van der Waals surface area contributed by atoms with Crippen molar-refractivity contribution in [3.05, 3.63) is 48.0 Å². The Bertz CT molecular complexity index is 827. The number of fused-ring (bicyclic) bond motifs is 1. The molecule has 0 radical (unpaired) electrons. The summed E-state index contributed by atoms with van der Waals surface area (Å²) in [5.41, 5.74) is 0.167. The van der Waals surface area contributed by atoms with E-state index >= 15 is 0 Å². The second-order valence-corrected chi connectivity index (χ2v) is 6.62. The molecule has 3 rings (SSSR count). The van der Waals surface area contributed by atoms with E-state index in [9.17, 15) is 13.2 Å². The average Bonchev–Trinajstić information content (AvgIpc) is 2.94. The molecule has 1 aliphatic rings. The molecule has 0 saturated heterocycles. The molecule has 6 nitrogen and oxygen atoms in total. The van der Waals surface area contributed by atoms with Crippen molar-refractivity contribution in [2.24, 2.45) is 0 Å². The van der Waals surface area contributed by atoms with Crippen LogP contribution in [0.2, 0.25) is 0 Å². The summed E-state index contributed by atoms with van der Waals surface area (Å²) in [7, 11) is -3.84. The number of sulfone groups is 1. The molecular formula is C15H12O6S. The van der Waals surface area contributed by atoms with E-state index in [0.717, 1.165) is 0 Å². The van der Waals surface area contributed by atoms with Crippen molar-refractivity contribution in [1.29, 1.82) is 0 Å². The summed E-state index contributed by atoms with van der Waals surface area (Å²) in [6.07, 6.45) is -0.419. The number of carbonyl (C=O) groups is 1. The highest BCUT2D eigenvalue weighted by Crippen LogP contribution is 2.38. The Balaban J connectivity index is 2.19. The third-order valence-electron chi connectivity index (χ3n) is 3.24. The van der Waals surface area contributed by atoms with Crippen LogP contribution in [0.1, 0.15) is 5.56 Å². The van der Waals surface area contributed by atoms with E-state index in [0.29, 0.717) is 11.5 Å². The van der Waals surface area contributed by atoms with Crippen LogP contribution in [0.25, 0.3) is 0 Å². The minimum Gasteiger partial charge on any atom is -0.481 e. The lowest BCUT2D eigenvalue weighted by atomic mass is 10.1. The second kappa shape index (κ2) is 5.34. The Morgan fingerprint density at radius 1 is 1.09 bits per heavy atom. The molecule has 2 aromatic carbocycles. The summed E-state index contributed by atoms with van der Waals surface area (Å²) >= 11 is 0. The normalized spacial score (nSPS) is 13.1. The third kappa shape index (κ3) is 2.50. The Labute approximate surface area is 126 Å². The second-order valence-electron chi connectivity index (χ2n) is 4.70. The van der Waals surface area contributed by atoms with Crippen molar-refractivity contribution in [3.8, 4) is 11.5 Å². The number of hydrogen-bond donors (Lipinski definition) is 1. The Morgan fingerprint density at radius 2 is 1.73 bits per heavy atom.